The molecule has 0 bridgehead atoms. The smallest absolute Gasteiger partial charge is 0.183 e. The Morgan fingerprint density at radius 1 is 1.00 bits per heavy atom. The van der Waals surface area contributed by atoms with Crippen LogP contribution in [0.25, 0.3) is 21.8 Å². The van der Waals surface area contributed by atoms with Crippen molar-refractivity contribution in [3.63, 3.8) is 0 Å². The Bertz CT molecular complexity index is 1070. The van der Waals surface area contributed by atoms with Crippen LogP contribution in [0.5, 0.6) is 0 Å². The Morgan fingerprint density at radius 3 is 2.85 bits per heavy atom. The van der Waals surface area contributed by atoms with Crippen molar-refractivity contribution >= 4 is 39.1 Å². The molecule has 4 heterocycles. The SMILES string of the molecule is c1cnc2n[nH]c(Nc3ccc4c(N5CCOCC5)nccc4c3)c2c1. The highest BCUT2D eigenvalue weighted by molar-refractivity contribution is 5.96. The molecule has 7 heteroatoms. The first kappa shape index (κ1) is 15.1. The lowest BCUT2D eigenvalue weighted by atomic mass is 10.1. The molecule has 1 aromatic carbocycles. The van der Waals surface area contributed by atoms with Crippen molar-refractivity contribution in [2.45, 2.75) is 0 Å². The average molecular weight is 346 g/mol. The van der Waals surface area contributed by atoms with Gasteiger partial charge in [0.1, 0.15) is 11.6 Å². The highest BCUT2D eigenvalue weighted by atomic mass is 16.5. The van der Waals surface area contributed by atoms with E-state index in [1.54, 1.807) is 6.20 Å². The molecule has 5 rings (SSSR count). The molecule has 1 saturated heterocycles. The first-order valence-electron chi connectivity index (χ1n) is 8.66. The molecule has 1 aliphatic rings. The van der Waals surface area contributed by atoms with E-state index in [2.05, 4.69) is 48.6 Å². The Balaban J connectivity index is 1.50. The quantitative estimate of drug-likeness (QED) is 0.593. The summed E-state index contributed by atoms with van der Waals surface area (Å²) in [6, 6.07) is 12.3. The van der Waals surface area contributed by atoms with Gasteiger partial charge in [0.05, 0.1) is 18.6 Å². The molecule has 7 nitrogen and oxygen atoms in total. The topological polar surface area (TPSA) is 79.0 Å². The number of aromatic nitrogens is 4. The largest absolute Gasteiger partial charge is 0.378 e. The molecule has 2 N–H and O–H groups in total. The van der Waals surface area contributed by atoms with E-state index in [4.69, 9.17) is 4.74 Å². The molecule has 26 heavy (non-hydrogen) atoms. The molecule has 0 saturated carbocycles. The van der Waals surface area contributed by atoms with Crippen molar-refractivity contribution in [2.75, 3.05) is 36.5 Å². The molecule has 0 radical (unpaired) electrons. The van der Waals surface area contributed by atoms with Crippen LogP contribution in [0.15, 0.2) is 48.8 Å². The van der Waals surface area contributed by atoms with Crippen LogP contribution in [0, 0.1) is 0 Å². The van der Waals surface area contributed by atoms with Crippen molar-refractivity contribution in [1.29, 1.82) is 0 Å². The fourth-order valence-corrected chi connectivity index (χ4v) is 3.36. The number of fused-ring (bicyclic) bond motifs is 2. The molecule has 1 aliphatic heterocycles. The monoisotopic (exact) mass is 346 g/mol. The lowest BCUT2D eigenvalue weighted by Crippen LogP contribution is -2.36. The van der Waals surface area contributed by atoms with Gasteiger partial charge in [-0.25, -0.2) is 9.97 Å². The van der Waals surface area contributed by atoms with Gasteiger partial charge < -0.3 is 15.0 Å². The van der Waals surface area contributed by atoms with Crippen LogP contribution >= 0.6 is 0 Å². The summed E-state index contributed by atoms with van der Waals surface area (Å²) in [6.45, 7) is 3.25. The summed E-state index contributed by atoms with van der Waals surface area (Å²) in [6.07, 6.45) is 3.61. The van der Waals surface area contributed by atoms with Gasteiger partial charge in [-0.3, -0.25) is 5.10 Å². The van der Waals surface area contributed by atoms with E-state index < -0.39 is 0 Å². The molecule has 3 aromatic heterocycles. The number of hydrogen-bond donors (Lipinski definition) is 2. The van der Waals surface area contributed by atoms with Crippen molar-refractivity contribution in [3.8, 4) is 0 Å². The second kappa shape index (κ2) is 6.27. The molecule has 0 spiro atoms. The zero-order valence-electron chi connectivity index (χ0n) is 14.1. The number of rotatable bonds is 3. The molecule has 0 atom stereocenters. The van der Waals surface area contributed by atoms with Crippen molar-refractivity contribution < 1.29 is 4.74 Å². The van der Waals surface area contributed by atoms with E-state index in [0.717, 1.165) is 59.8 Å². The first-order valence-corrected chi connectivity index (χ1v) is 8.66. The van der Waals surface area contributed by atoms with Gasteiger partial charge in [-0.15, -0.1) is 0 Å². The molecule has 1 fully saturated rings. The number of anilines is 3. The first-order chi connectivity index (χ1) is 12.9. The van der Waals surface area contributed by atoms with Gasteiger partial charge in [-0.05, 0) is 41.8 Å². The molecule has 130 valence electrons. The minimum Gasteiger partial charge on any atom is -0.378 e. The van der Waals surface area contributed by atoms with Crippen LogP contribution < -0.4 is 10.2 Å². The predicted octanol–water partition coefficient (Wildman–Crippen LogP) is 3.09. The van der Waals surface area contributed by atoms with Crippen LogP contribution in [0.3, 0.4) is 0 Å². The van der Waals surface area contributed by atoms with Gasteiger partial charge in [0, 0.05) is 36.6 Å². The number of ether oxygens (including phenoxy) is 1. The highest BCUT2D eigenvalue weighted by Crippen LogP contribution is 2.29. The maximum Gasteiger partial charge on any atom is 0.183 e. The van der Waals surface area contributed by atoms with Crippen LogP contribution in [0.2, 0.25) is 0 Å². The van der Waals surface area contributed by atoms with E-state index in [1.165, 1.54) is 0 Å². The van der Waals surface area contributed by atoms with E-state index in [0.29, 0.717) is 5.65 Å². The van der Waals surface area contributed by atoms with Gasteiger partial charge >= 0.3 is 0 Å². The normalized spacial score (nSPS) is 14.8. The average Bonchev–Trinajstić information content (AvgIpc) is 3.11. The number of nitrogens with one attached hydrogen (secondary N) is 2. The minimum atomic E-state index is 0.703. The number of H-pyrrole nitrogens is 1. The third kappa shape index (κ3) is 2.62. The van der Waals surface area contributed by atoms with Gasteiger partial charge in [0.15, 0.2) is 5.65 Å². The molecule has 0 amide bonds. The van der Waals surface area contributed by atoms with Crippen molar-refractivity contribution in [1.82, 2.24) is 20.2 Å². The summed E-state index contributed by atoms with van der Waals surface area (Å²) in [5, 5.41) is 13.9. The second-order valence-corrected chi connectivity index (χ2v) is 6.27. The molecule has 0 unspecified atom stereocenters. The zero-order valence-corrected chi connectivity index (χ0v) is 14.1. The summed E-state index contributed by atoms with van der Waals surface area (Å²) in [7, 11) is 0. The van der Waals surface area contributed by atoms with Gasteiger partial charge in [0.2, 0.25) is 0 Å². The Morgan fingerprint density at radius 2 is 1.92 bits per heavy atom. The molecular weight excluding hydrogens is 328 g/mol. The number of nitrogens with zero attached hydrogens (tertiary/aromatic N) is 4. The number of aromatic amines is 1. The summed E-state index contributed by atoms with van der Waals surface area (Å²) >= 11 is 0. The summed E-state index contributed by atoms with van der Waals surface area (Å²) in [5.41, 5.74) is 1.70. The Kier molecular flexibility index (Phi) is 3.64. The number of hydrogen-bond acceptors (Lipinski definition) is 6. The third-order valence-electron chi connectivity index (χ3n) is 4.65. The summed E-state index contributed by atoms with van der Waals surface area (Å²) in [4.78, 5) is 11.1. The number of benzene rings is 1. The standard InChI is InChI=1S/C19H18N6O/c1-2-16-17(20-6-1)23-24-18(16)22-14-3-4-15-13(12-14)5-7-21-19(15)25-8-10-26-11-9-25/h1-7,12H,8-11H2,(H2,20,22,23,24). The van der Waals surface area contributed by atoms with E-state index in [-0.39, 0.29) is 0 Å². The second-order valence-electron chi connectivity index (χ2n) is 6.27. The van der Waals surface area contributed by atoms with Gasteiger partial charge in [-0.1, -0.05) is 0 Å². The number of pyridine rings is 2. The maximum atomic E-state index is 5.45. The van der Waals surface area contributed by atoms with Crippen LogP contribution in [-0.2, 0) is 4.74 Å². The van der Waals surface area contributed by atoms with Gasteiger partial charge in [-0.2, -0.15) is 5.10 Å². The maximum absolute atomic E-state index is 5.45. The molecule has 0 aliphatic carbocycles. The lowest BCUT2D eigenvalue weighted by molar-refractivity contribution is 0.122. The van der Waals surface area contributed by atoms with E-state index in [1.807, 2.05) is 24.4 Å². The van der Waals surface area contributed by atoms with E-state index in [9.17, 15) is 0 Å². The van der Waals surface area contributed by atoms with Crippen LogP contribution in [0.4, 0.5) is 17.3 Å². The fourth-order valence-electron chi connectivity index (χ4n) is 3.36. The van der Waals surface area contributed by atoms with Crippen LogP contribution in [0.1, 0.15) is 0 Å². The predicted molar refractivity (Wildman–Crippen MR) is 102 cm³/mol. The van der Waals surface area contributed by atoms with Gasteiger partial charge in [0.25, 0.3) is 0 Å². The highest BCUT2D eigenvalue weighted by Gasteiger charge is 2.15. The fraction of sp³-hybridized carbons (Fsp3) is 0.211. The summed E-state index contributed by atoms with van der Waals surface area (Å²) < 4.78 is 5.45. The third-order valence-corrected chi connectivity index (χ3v) is 4.65. The summed E-state index contributed by atoms with van der Waals surface area (Å²) in [5.74, 6) is 1.86. The van der Waals surface area contributed by atoms with Crippen LogP contribution in [-0.4, -0.2) is 46.5 Å². The molecule has 4 aromatic rings. The zero-order chi connectivity index (χ0) is 17.3. The Labute approximate surface area is 150 Å². The number of morpholine rings is 1. The van der Waals surface area contributed by atoms with Crippen molar-refractivity contribution in [3.05, 3.63) is 48.8 Å². The molecular formula is C19H18N6O. The lowest BCUT2D eigenvalue weighted by Gasteiger charge is -2.28. The van der Waals surface area contributed by atoms with Crippen molar-refractivity contribution in [2.24, 2.45) is 0 Å². The minimum absolute atomic E-state index is 0.703. The van der Waals surface area contributed by atoms with E-state index >= 15 is 0 Å². The Hall–Kier alpha value is -3.19.